The molecule has 24 heavy (non-hydrogen) atoms. The molecular formula is C16H23N4O2S2+. The largest absolute Gasteiger partial charge is 0.313 e. The van der Waals surface area contributed by atoms with Crippen molar-refractivity contribution in [3.63, 3.8) is 0 Å². The molecule has 0 saturated carbocycles. The fraction of sp³-hybridized carbons (Fsp3) is 0.500. The van der Waals surface area contributed by atoms with E-state index in [9.17, 15) is 8.42 Å². The summed E-state index contributed by atoms with van der Waals surface area (Å²) in [7, 11) is -0.964. The van der Waals surface area contributed by atoms with Crippen LogP contribution in [0.1, 0.15) is 13.3 Å². The zero-order chi connectivity index (χ0) is 17.3. The highest BCUT2D eigenvalue weighted by Crippen LogP contribution is 2.16. The SMILES string of the molecule is CC[NH+](Cn1nc(-c2ccccc2)n(C)c1=S)[C@@H]1CCS(=O)(=O)C1. The summed E-state index contributed by atoms with van der Waals surface area (Å²) in [6.45, 7) is 3.51. The van der Waals surface area contributed by atoms with Gasteiger partial charge in [-0.3, -0.25) is 0 Å². The average Bonchev–Trinajstić information content (AvgIpc) is 3.07. The number of sulfone groups is 1. The van der Waals surface area contributed by atoms with Gasteiger partial charge in [-0.25, -0.2) is 8.42 Å². The quantitative estimate of drug-likeness (QED) is 0.789. The molecule has 2 heterocycles. The number of benzene rings is 1. The van der Waals surface area contributed by atoms with E-state index in [0.29, 0.717) is 17.2 Å². The van der Waals surface area contributed by atoms with Crippen molar-refractivity contribution in [1.82, 2.24) is 14.3 Å². The molecular weight excluding hydrogens is 344 g/mol. The van der Waals surface area contributed by atoms with Crippen LogP contribution in [0.5, 0.6) is 0 Å². The lowest BCUT2D eigenvalue weighted by atomic mass is 10.2. The van der Waals surface area contributed by atoms with Gasteiger partial charge in [-0.2, -0.15) is 4.68 Å². The zero-order valence-electron chi connectivity index (χ0n) is 14.0. The van der Waals surface area contributed by atoms with Crippen LogP contribution in [-0.2, 0) is 23.6 Å². The van der Waals surface area contributed by atoms with Crippen LogP contribution in [0.3, 0.4) is 0 Å². The Kier molecular flexibility index (Phi) is 4.89. The maximum Gasteiger partial charge on any atom is 0.202 e. The summed E-state index contributed by atoms with van der Waals surface area (Å²) in [5.74, 6) is 1.39. The van der Waals surface area contributed by atoms with Crippen LogP contribution < -0.4 is 4.90 Å². The standard InChI is InChI=1S/C16H22N4O2S2/c1-3-19(14-9-10-24(21,22)11-14)12-20-16(23)18(2)15(17-20)13-7-5-4-6-8-13/h4-8,14H,3,9-12H2,1-2H3/p+1/t14-/m1/s1. The molecule has 0 radical (unpaired) electrons. The number of hydrogen-bond donors (Lipinski definition) is 1. The van der Waals surface area contributed by atoms with Gasteiger partial charge in [0, 0.05) is 19.0 Å². The summed E-state index contributed by atoms with van der Waals surface area (Å²) in [4.78, 5) is 1.21. The Morgan fingerprint density at radius 2 is 2.04 bits per heavy atom. The summed E-state index contributed by atoms with van der Waals surface area (Å²) >= 11 is 5.53. The number of rotatable bonds is 5. The highest BCUT2D eigenvalue weighted by molar-refractivity contribution is 7.91. The molecule has 1 N–H and O–H groups in total. The van der Waals surface area contributed by atoms with Crippen LogP contribution in [0.2, 0.25) is 0 Å². The van der Waals surface area contributed by atoms with Gasteiger partial charge in [0.05, 0.1) is 12.3 Å². The third kappa shape index (κ3) is 3.45. The summed E-state index contributed by atoms with van der Waals surface area (Å²) in [5, 5.41) is 4.68. The predicted octanol–water partition coefficient (Wildman–Crippen LogP) is 0.667. The highest BCUT2D eigenvalue weighted by atomic mass is 32.2. The van der Waals surface area contributed by atoms with E-state index in [1.807, 2.05) is 46.6 Å². The van der Waals surface area contributed by atoms with E-state index in [2.05, 4.69) is 12.0 Å². The first kappa shape index (κ1) is 17.3. The average molecular weight is 368 g/mol. The second-order valence-electron chi connectivity index (χ2n) is 6.30. The molecule has 0 bridgehead atoms. The normalized spacial score (nSPS) is 21.0. The Morgan fingerprint density at radius 1 is 1.33 bits per heavy atom. The van der Waals surface area contributed by atoms with E-state index in [0.717, 1.165) is 24.4 Å². The predicted molar refractivity (Wildman–Crippen MR) is 96.0 cm³/mol. The number of nitrogens with one attached hydrogen (secondary N) is 1. The summed E-state index contributed by atoms with van der Waals surface area (Å²) in [5.41, 5.74) is 1.02. The molecule has 8 heteroatoms. The highest BCUT2D eigenvalue weighted by Gasteiger charge is 2.35. The lowest BCUT2D eigenvalue weighted by Crippen LogP contribution is -3.15. The molecule has 6 nitrogen and oxygen atoms in total. The van der Waals surface area contributed by atoms with Crippen molar-refractivity contribution in [2.45, 2.75) is 26.1 Å². The van der Waals surface area contributed by atoms with Gasteiger partial charge in [-0.1, -0.05) is 30.3 Å². The molecule has 1 unspecified atom stereocenters. The summed E-state index contributed by atoms with van der Waals surface area (Å²) in [6.07, 6.45) is 0.719. The molecule has 1 aromatic heterocycles. The Morgan fingerprint density at radius 3 is 2.62 bits per heavy atom. The smallest absolute Gasteiger partial charge is 0.202 e. The molecule has 1 saturated heterocycles. The van der Waals surface area contributed by atoms with Gasteiger partial charge in [-0.05, 0) is 19.1 Å². The van der Waals surface area contributed by atoms with Crippen molar-refractivity contribution < 1.29 is 13.3 Å². The van der Waals surface area contributed by atoms with Gasteiger partial charge < -0.3 is 9.47 Å². The fourth-order valence-corrected chi connectivity index (χ4v) is 5.29. The van der Waals surface area contributed by atoms with Crippen molar-refractivity contribution in [3.05, 3.63) is 35.1 Å². The molecule has 2 aromatic rings. The van der Waals surface area contributed by atoms with Crippen LogP contribution >= 0.6 is 12.2 Å². The molecule has 130 valence electrons. The first-order valence-corrected chi connectivity index (χ1v) is 10.4. The van der Waals surface area contributed by atoms with Crippen LogP contribution in [0.25, 0.3) is 11.4 Å². The third-order valence-corrected chi connectivity index (χ3v) is 6.94. The van der Waals surface area contributed by atoms with E-state index < -0.39 is 9.84 Å². The molecule has 0 amide bonds. The Labute approximate surface area is 147 Å². The van der Waals surface area contributed by atoms with E-state index in [1.165, 1.54) is 4.90 Å². The number of hydrogen-bond acceptors (Lipinski definition) is 4. The lowest BCUT2D eigenvalue weighted by Gasteiger charge is -2.22. The third-order valence-electron chi connectivity index (χ3n) is 4.69. The van der Waals surface area contributed by atoms with Crippen LogP contribution in [-0.4, -0.2) is 46.9 Å². The van der Waals surface area contributed by atoms with Crippen molar-refractivity contribution in [3.8, 4) is 11.4 Å². The number of nitrogens with zero attached hydrogens (tertiary/aromatic N) is 3. The first-order chi connectivity index (χ1) is 11.4. The van der Waals surface area contributed by atoms with Crippen molar-refractivity contribution in [2.24, 2.45) is 7.05 Å². The van der Waals surface area contributed by atoms with E-state index in [1.54, 1.807) is 0 Å². The Bertz CT molecular complexity index is 871. The Hall–Kier alpha value is -1.51. The topological polar surface area (TPSA) is 61.3 Å². The molecule has 0 spiro atoms. The van der Waals surface area contributed by atoms with Gasteiger partial charge in [0.1, 0.15) is 11.8 Å². The van der Waals surface area contributed by atoms with Crippen molar-refractivity contribution >= 4 is 22.1 Å². The second-order valence-corrected chi connectivity index (χ2v) is 8.89. The zero-order valence-corrected chi connectivity index (χ0v) is 15.6. The number of aromatic nitrogens is 3. The van der Waals surface area contributed by atoms with E-state index in [-0.39, 0.29) is 11.8 Å². The lowest BCUT2D eigenvalue weighted by molar-refractivity contribution is -0.943. The molecule has 1 aliphatic heterocycles. The van der Waals surface area contributed by atoms with Crippen molar-refractivity contribution in [2.75, 3.05) is 18.1 Å². The minimum atomic E-state index is -2.88. The van der Waals surface area contributed by atoms with Crippen LogP contribution in [0.15, 0.2) is 30.3 Å². The minimum absolute atomic E-state index is 0.129. The molecule has 1 aromatic carbocycles. The molecule has 2 atom stereocenters. The second kappa shape index (κ2) is 6.78. The van der Waals surface area contributed by atoms with Gasteiger partial charge in [-0.15, -0.1) is 5.10 Å². The summed E-state index contributed by atoms with van der Waals surface area (Å²) < 4.78 is 27.9. The first-order valence-electron chi connectivity index (χ1n) is 8.15. The van der Waals surface area contributed by atoms with Gasteiger partial charge in [0.15, 0.2) is 22.3 Å². The van der Waals surface area contributed by atoms with Crippen LogP contribution in [0, 0.1) is 4.77 Å². The molecule has 3 rings (SSSR count). The minimum Gasteiger partial charge on any atom is -0.313 e. The number of quaternary nitrogens is 1. The van der Waals surface area contributed by atoms with Gasteiger partial charge in [0.25, 0.3) is 0 Å². The molecule has 1 fully saturated rings. The van der Waals surface area contributed by atoms with Gasteiger partial charge >= 0.3 is 0 Å². The Balaban J connectivity index is 1.86. The fourth-order valence-electron chi connectivity index (χ4n) is 3.27. The maximum atomic E-state index is 11.8. The van der Waals surface area contributed by atoms with Crippen molar-refractivity contribution in [1.29, 1.82) is 0 Å². The van der Waals surface area contributed by atoms with E-state index in [4.69, 9.17) is 12.2 Å². The van der Waals surface area contributed by atoms with E-state index >= 15 is 0 Å². The maximum absolute atomic E-state index is 11.8. The van der Waals surface area contributed by atoms with Crippen LogP contribution in [0.4, 0.5) is 0 Å². The van der Waals surface area contributed by atoms with Gasteiger partial charge in [0.2, 0.25) is 4.77 Å². The monoisotopic (exact) mass is 367 g/mol. The molecule has 0 aliphatic carbocycles. The summed E-state index contributed by atoms with van der Waals surface area (Å²) in [6, 6.07) is 10.1. The molecule has 1 aliphatic rings.